The molecule has 0 spiro atoms. The second-order valence-corrected chi connectivity index (χ2v) is 8.59. The zero-order chi connectivity index (χ0) is 21.8. The molecule has 7 heteroatoms. The summed E-state index contributed by atoms with van der Waals surface area (Å²) < 4.78 is 11.8. The van der Waals surface area contributed by atoms with E-state index in [0.717, 1.165) is 23.2 Å². The van der Waals surface area contributed by atoms with Crippen molar-refractivity contribution < 1.29 is 14.3 Å². The molecule has 3 aromatic rings. The number of carbonyl (C=O) groups excluding carboxylic acids is 1. The maximum absolute atomic E-state index is 13.5. The molecule has 2 aromatic carbocycles. The maximum atomic E-state index is 13.5. The van der Waals surface area contributed by atoms with Crippen molar-refractivity contribution in [2.75, 3.05) is 46.3 Å². The molecule has 0 unspecified atom stereocenters. The molecule has 0 saturated carbocycles. The van der Waals surface area contributed by atoms with Gasteiger partial charge < -0.3 is 14.4 Å². The van der Waals surface area contributed by atoms with Crippen LogP contribution in [0.1, 0.15) is 27.9 Å². The number of nitrogens with zero attached hydrogens (tertiary/aromatic N) is 3. The van der Waals surface area contributed by atoms with Crippen LogP contribution in [0.3, 0.4) is 0 Å². The van der Waals surface area contributed by atoms with Gasteiger partial charge >= 0.3 is 0 Å². The van der Waals surface area contributed by atoms with Crippen LogP contribution >= 0.6 is 11.3 Å². The number of thiazole rings is 1. The predicted octanol–water partition coefficient (Wildman–Crippen LogP) is 4.53. The zero-order valence-electron chi connectivity index (χ0n) is 18.5. The highest BCUT2D eigenvalue weighted by molar-refractivity contribution is 7.22. The Kier molecular flexibility index (Phi) is 6.95. The first-order valence-corrected chi connectivity index (χ1v) is 10.7. The minimum Gasteiger partial charge on any atom is -0.493 e. The standard InChI is InChI=1S/C23H29N3O3S/c1-15-12-18-21(13-16(15)2)30-23(24-18)26(11-7-10-25(3)4)22(27)17-8-9-19(28-5)20(14-17)29-6/h8-9,12-14H,7,10-11H2,1-6H3. The Balaban J connectivity index is 1.99. The van der Waals surface area contributed by atoms with E-state index in [-0.39, 0.29) is 5.91 Å². The highest BCUT2D eigenvalue weighted by Gasteiger charge is 2.22. The molecule has 160 valence electrons. The Bertz CT molecular complexity index is 1010. The van der Waals surface area contributed by atoms with E-state index in [1.54, 1.807) is 48.7 Å². The molecule has 0 aliphatic carbocycles. The van der Waals surface area contributed by atoms with Crippen LogP contribution in [0, 0.1) is 13.8 Å². The molecule has 3 rings (SSSR count). The van der Waals surface area contributed by atoms with E-state index in [1.165, 1.54) is 11.1 Å². The van der Waals surface area contributed by atoms with E-state index in [1.807, 2.05) is 14.1 Å². The zero-order valence-corrected chi connectivity index (χ0v) is 19.3. The molecule has 30 heavy (non-hydrogen) atoms. The van der Waals surface area contributed by atoms with Gasteiger partial charge in [-0.3, -0.25) is 9.69 Å². The van der Waals surface area contributed by atoms with E-state index < -0.39 is 0 Å². The molecule has 6 nitrogen and oxygen atoms in total. The largest absolute Gasteiger partial charge is 0.493 e. The van der Waals surface area contributed by atoms with Crippen molar-refractivity contribution in [2.24, 2.45) is 0 Å². The molecule has 0 saturated heterocycles. The Hall–Kier alpha value is -2.64. The normalized spacial score (nSPS) is 11.2. The molecule has 0 bridgehead atoms. The van der Waals surface area contributed by atoms with Crippen molar-refractivity contribution in [3.05, 3.63) is 47.0 Å². The van der Waals surface area contributed by atoms with Crippen molar-refractivity contribution in [3.8, 4) is 11.5 Å². The number of amides is 1. The third-order valence-electron chi connectivity index (χ3n) is 5.09. The van der Waals surface area contributed by atoms with Crippen molar-refractivity contribution in [1.82, 2.24) is 9.88 Å². The van der Waals surface area contributed by atoms with Crippen LogP contribution in [0.2, 0.25) is 0 Å². The summed E-state index contributed by atoms with van der Waals surface area (Å²) in [5.74, 6) is 1.04. The number of aryl methyl sites for hydroxylation is 2. The molecule has 1 heterocycles. The van der Waals surface area contributed by atoms with Gasteiger partial charge in [-0.2, -0.15) is 0 Å². The van der Waals surface area contributed by atoms with E-state index in [4.69, 9.17) is 14.5 Å². The van der Waals surface area contributed by atoms with E-state index in [2.05, 4.69) is 30.9 Å². The van der Waals surface area contributed by atoms with Crippen molar-refractivity contribution in [2.45, 2.75) is 20.3 Å². The first-order valence-electron chi connectivity index (χ1n) is 9.90. The van der Waals surface area contributed by atoms with Gasteiger partial charge in [-0.15, -0.1) is 0 Å². The second kappa shape index (κ2) is 9.45. The number of carbonyl (C=O) groups is 1. The van der Waals surface area contributed by atoms with Gasteiger partial charge in [0.2, 0.25) is 0 Å². The van der Waals surface area contributed by atoms with Crippen LogP contribution < -0.4 is 14.4 Å². The van der Waals surface area contributed by atoms with Gasteiger partial charge in [-0.1, -0.05) is 11.3 Å². The second-order valence-electron chi connectivity index (χ2n) is 7.58. The lowest BCUT2D eigenvalue weighted by Gasteiger charge is -2.21. The highest BCUT2D eigenvalue weighted by atomic mass is 32.1. The summed E-state index contributed by atoms with van der Waals surface area (Å²) in [5.41, 5.74) is 3.90. The number of ether oxygens (including phenoxy) is 2. The van der Waals surface area contributed by atoms with Crippen LogP contribution in [0.15, 0.2) is 30.3 Å². The Labute approximate surface area is 182 Å². The lowest BCUT2D eigenvalue weighted by atomic mass is 10.1. The summed E-state index contributed by atoms with van der Waals surface area (Å²) in [6.07, 6.45) is 0.847. The quantitative estimate of drug-likeness (QED) is 0.529. The number of rotatable bonds is 8. The topological polar surface area (TPSA) is 54.9 Å². The molecular weight excluding hydrogens is 398 g/mol. The number of anilines is 1. The minimum atomic E-state index is -0.0952. The van der Waals surface area contributed by atoms with Crippen LogP contribution in [0.5, 0.6) is 11.5 Å². The van der Waals surface area contributed by atoms with Crippen molar-refractivity contribution >= 4 is 32.6 Å². The van der Waals surface area contributed by atoms with Crippen LogP contribution in [-0.2, 0) is 0 Å². The number of aromatic nitrogens is 1. The third kappa shape index (κ3) is 4.74. The van der Waals surface area contributed by atoms with Gasteiger partial charge in [-0.25, -0.2) is 4.98 Å². The Morgan fingerprint density at radius 3 is 2.37 bits per heavy atom. The van der Waals surface area contributed by atoms with Gasteiger partial charge in [0.05, 0.1) is 24.4 Å². The minimum absolute atomic E-state index is 0.0952. The molecule has 1 aromatic heterocycles. The number of benzene rings is 2. The number of hydrogen-bond donors (Lipinski definition) is 0. The summed E-state index contributed by atoms with van der Waals surface area (Å²) in [4.78, 5) is 22.2. The van der Waals surface area contributed by atoms with Crippen LogP contribution in [0.4, 0.5) is 5.13 Å². The van der Waals surface area contributed by atoms with Crippen LogP contribution in [-0.4, -0.2) is 57.2 Å². The predicted molar refractivity (Wildman–Crippen MR) is 123 cm³/mol. The van der Waals surface area contributed by atoms with E-state index >= 15 is 0 Å². The van der Waals surface area contributed by atoms with Crippen LogP contribution in [0.25, 0.3) is 10.2 Å². The summed E-state index contributed by atoms with van der Waals surface area (Å²) in [5, 5.41) is 0.716. The number of hydrogen-bond acceptors (Lipinski definition) is 6. The summed E-state index contributed by atoms with van der Waals surface area (Å²) >= 11 is 1.55. The third-order valence-corrected chi connectivity index (χ3v) is 6.13. The smallest absolute Gasteiger partial charge is 0.260 e. The highest BCUT2D eigenvalue weighted by Crippen LogP contribution is 2.33. The molecule has 0 aliphatic heterocycles. The molecular formula is C23H29N3O3S. The fourth-order valence-electron chi connectivity index (χ4n) is 3.24. The van der Waals surface area contributed by atoms with Gasteiger partial charge in [0, 0.05) is 12.1 Å². The van der Waals surface area contributed by atoms with Crippen molar-refractivity contribution in [3.63, 3.8) is 0 Å². The van der Waals surface area contributed by atoms with Gasteiger partial charge in [-0.05, 0) is 82.4 Å². The lowest BCUT2D eigenvalue weighted by molar-refractivity contribution is 0.0985. The first-order chi connectivity index (χ1) is 14.3. The monoisotopic (exact) mass is 427 g/mol. The summed E-state index contributed by atoms with van der Waals surface area (Å²) in [6.45, 7) is 5.65. The fraction of sp³-hybridized carbons (Fsp3) is 0.391. The molecule has 0 radical (unpaired) electrons. The van der Waals surface area contributed by atoms with E-state index in [9.17, 15) is 4.79 Å². The van der Waals surface area contributed by atoms with Gasteiger partial charge in [0.1, 0.15) is 0 Å². The van der Waals surface area contributed by atoms with Gasteiger partial charge in [0.25, 0.3) is 5.91 Å². The molecule has 0 N–H and O–H groups in total. The average Bonchev–Trinajstić information content (AvgIpc) is 3.12. The lowest BCUT2D eigenvalue weighted by Crippen LogP contribution is -2.33. The first kappa shape index (κ1) is 22.1. The summed E-state index contributed by atoms with van der Waals surface area (Å²) in [7, 11) is 7.21. The Morgan fingerprint density at radius 2 is 1.70 bits per heavy atom. The van der Waals surface area contributed by atoms with E-state index in [0.29, 0.717) is 28.7 Å². The molecule has 0 atom stereocenters. The van der Waals surface area contributed by atoms with Gasteiger partial charge in [0.15, 0.2) is 16.6 Å². The molecule has 0 fully saturated rings. The average molecular weight is 428 g/mol. The molecule has 0 aliphatic rings. The summed E-state index contributed by atoms with van der Waals surface area (Å²) in [6, 6.07) is 9.48. The number of methoxy groups -OCH3 is 2. The molecule has 1 amide bonds. The maximum Gasteiger partial charge on any atom is 0.260 e. The van der Waals surface area contributed by atoms with Crippen molar-refractivity contribution in [1.29, 1.82) is 0 Å². The fourth-order valence-corrected chi connectivity index (χ4v) is 4.31. The SMILES string of the molecule is COc1ccc(C(=O)N(CCCN(C)C)c2nc3cc(C)c(C)cc3s2)cc1OC. The number of fused-ring (bicyclic) bond motifs is 1. The Morgan fingerprint density at radius 1 is 1.00 bits per heavy atom.